The van der Waals surface area contributed by atoms with Gasteiger partial charge in [0, 0.05) is 25.0 Å². The first kappa shape index (κ1) is 21.4. The number of hydrogen-bond acceptors (Lipinski definition) is 5. The monoisotopic (exact) mass is 449 g/mol. The number of halogens is 1. The molecule has 0 radical (unpaired) electrons. The van der Waals surface area contributed by atoms with Gasteiger partial charge in [0.05, 0.1) is 21.2 Å². The minimum atomic E-state index is -3.68. The van der Waals surface area contributed by atoms with E-state index in [9.17, 15) is 13.2 Å². The van der Waals surface area contributed by atoms with Gasteiger partial charge in [-0.3, -0.25) is 10.1 Å². The Bertz CT molecular complexity index is 1190. The van der Waals surface area contributed by atoms with Crippen molar-refractivity contribution in [2.45, 2.75) is 18.7 Å². The van der Waals surface area contributed by atoms with Gasteiger partial charge < -0.3 is 0 Å². The summed E-state index contributed by atoms with van der Waals surface area (Å²) in [6, 6.07) is 10.1. The molecule has 0 bridgehead atoms. The van der Waals surface area contributed by atoms with Crippen LogP contribution in [-0.4, -0.2) is 37.7 Å². The second-order valence-corrected chi connectivity index (χ2v) is 10.2. The first-order chi connectivity index (χ1) is 13.6. The van der Waals surface area contributed by atoms with Crippen LogP contribution in [0.25, 0.3) is 11.3 Å². The van der Waals surface area contributed by atoms with E-state index in [0.29, 0.717) is 5.13 Å². The summed E-state index contributed by atoms with van der Waals surface area (Å²) in [6.07, 6.45) is 0. The third kappa shape index (κ3) is 4.51. The van der Waals surface area contributed by atoms with Crippen LogP contribution < -0.4 is 5.32 Å². The number of hydrogen-bond donors (Lipinski definition) is 1. The van der Waals surface area contributed by atoms with E-state index in [-0.39, 0.29) is 15.5 Å². The Balaban J connectivity index is 1.87. The van der Waals surface area contributed by atoms with Crippen molar-refractivity contribution < 1.29 is 13.2 Å². The fourth-order valence-corrected chi connectivity index (χ4v) is 4.61. The van der Waals surface area contributed by atoms with Gasteiger partial charge in [-0.05, 0) is 37.6 Å². The Kier molecular flexibility index (Phi) is 6.09. The highest BCUT2D eigenvalue weighted by Gasteiger charge is 2.21. The lowest BCUT2D eigenvalue weighted by atomic mass is 10.0. The number of benzene rings is 2. The van der Waals surface area contributed by atoms with Gasteiger partial charge in [-0.1, -0.05) is 35.4 Å². The molecule has 0 saturated carbocycles. The number of aromatic nitrogens is 1. The van der Waals surface area contributed by atoms with Gasteiger partial charge >= 0.3 is 0 Å². The van der Waals surface area contributed by atoms with Gasteiger partial charge in [0.2, 0.25) is 10.0 Å². The fraction of sp³-hybridized carbons (Fsp3) is 0.200. The summed E-state index contributed by atoms with van der Waals surface area (Å²) in [7, 11) is -0.832. The molecule has 0 aliphatic carbocycles. The van der Waals surface area contributed by atoms with Crippen LogP contribution in [-0.2, 0) is 10.0 Å². The number of thiazole rings is 1. The van der Waals surface area contributed by atoms with Gasteiger partial charge in [-0.2, -0.15) is 0 Å². The van der Waals surface area contributed by atoms with Crippen LogP contribution in [0.4, 0.5) is 5.13 Å². The number of carbonyl (C=O) groups excluding carboxylic acids is 1. The lowest BCUT2D eigenvalue weighted by molar-refractivity contribution is 0.102. The molecule has 2 aromatic carbocycles. The van der Waals surface area contributed by atoms with Crippen LogP contribution in [0.15, 0.2) is 46.7 Å². The molecule has 152 valence electrons. The first-order valence-electron chi connectivity index (χ1n) is 8.66. The Labute approximate surface area is 179 Å². The quantitative estimate of drug-likeness (QED) is 0.618. The van der Waals surface area contributed by atoms with Gasteiger partial charge in [0.1, 0.15) is 0 Å². The summed E-state index contributed by atoms with van der Waals surface area (Å²) in [4.78, 5) is 17.2. The molecule has 3 aromatic rings. The molecule has 1 N–H and O–H groups in total. The molecule has 3 rings (SSSR count). The smallest absolute Gasteiger partial charge is 0.259 e. The van der Waals surface area contributed by atoms with Crippen molar-refractivity contribution in [1.82, 2.24) is 9.29 Å². The molecule has 29 heavy (non-hydrogen) atoms. The van der Waals surface area contributed by atoms with Crippen molar-refractivity contribution in [2.24, 2.45) is 0 Å². The highest BCUT2D eigenvalue weighted by atomic mass is 35.5. The summed E-state index contributed by atoms with van der Waals surface area (Å²) in [5, 5.41) is 5.13. The summed E-state index contributed by atoms with van der Waals surface area (Å²) in [6.45, 7) is 4.04. The minimum absolute atomic E-state index is 0.00726. The Hall–Kier alpha value is -2.26. The molecule has 0 fully saturated rings. The summed E-state index contributed by atoms with van der Waals surface area (Å²) < 4.78 is 25.7. The summed E-state index contributed by atoms with van der Waals surface area (Å²) in [5.41, 5.74) is 4.08. The van der Waals surface area contributed by atoms with Crippen LogP contribution in [0.2, 0.25) is 5.02 Å². The molecule has 0 atom stereocenters. The average Bonchev–Trinajstić information content (AvgIpc) is 3.09. The maximum atomic E-state index is 12.7. The van der Waals surface area contributed by atoms with Gasteiger partial charge in [-0.15, -0.1) is 11.3 Å². The van der Waals surface area contributed by atoms with Gasteiger partial charge in [-0.25, -0.2) is 17.7 Å². The predicted octanol–water partition coefficient (Wildman–Crippen LogP) is 4.58. The lowest BCUT2D eigenvalue weighted by Crippen LogP contribution is -2.23. The van der Waals surface area contributed by atoms with E-state index < -0.39 is 15.9 Å². The third-order valence-corrected chi connectivity index (χ3v) is 7.24. The largest absolute Gasteiger partial charge is 0.298 e. The molecule has 0 aliphatic heterocycles. The highest BCUT2D eigenvalue weighted by Crippen LogP contribution is 2.29. The maximum Gasteiger partial charge on any atom is 0.259 e. The number of carbonyl (C=O) groups is 1. The summed E-state index contributed by atoms with van der Waals surface area (Å²) in [5.74, 6) is -0.521. The maximum absolute atomic E-state index is 12.7. The van der Waals surface area contributed by atoms with Crippen molar-refractivity contribution >= 4 is 44.0 Å². The molecule has 6 nitrogen and oxygen atoms in total. The molecule has 0 saturated heterocycles. The van der Waals surface area contributed by atoms with Crippen molar-refractivity contribution in [1.29, 1.82) is 0 Å². The zero-order valence-electron chi connectivity index (χ0n) is 16.4. The van der Waals surface area contributed by atoms with E-state index in [2.05, 4.69) is 16.4 Å². The molecular weight excluding hydrogens is 430 g/mol. The zero-order valence-corrected chi connectivity index (χ0v) is 18.7. The van der Waals surface area contributed by atoms with E-state index >= 15 is 0 Å². The van der Waals surface area contributed by atoms with E-state index in [1.165, 1.54) is 43.6 Å². The Morgan fingerprint density at radius 2 is 1.86 bits per heavy atom. The van der Waals surface area contributed by atoms with E-state index in [1.807, 2.05) is 31.4 Å². The topological polar surface area (TPSA) is 79.4 Å². The van der Waals surface area contributed by atoms with Crippen LogP contribution in [0.1, 0.15) is 21.5 Å². The van der Waals surface area contributed by atoms with Crippen LogP contribution in [0, 0.1) is 13.8 Å². The third-order valence-electron chi connectivity index (χ3n) is 4.34. The molecule has 1 amide bonds. The Morgan fingerprint density at radius 3 is 2.52 bits per heavy atom. The first-order valence-corrected chi connectivity index (χ1v) is 11.4. The van der Waals surface area contributed by atoms with Gasteiger partial charge in [0.25, 0.3) is 5.91 Å². The molecule has 9 heteroatoms. The van der Waals surface area contributed by atoms with Crippen molar-refractivity contribution in [3.05, 3.63) is 63.5 Å². The number of nitrogens with one attached hydrogen (secondary N) is 1. The second kappa shape index (κ2) is 8.23. The number of nitrogens with zero attached hydrogens (tertiary/aromatic N) is 2. The number of anilines is 1. The predicted molar refractivity (Wildman–Crippen MR) is 117 cm³/mol. The molecular formula is C20H20ClN3O3S2. The molecule has 0 aliphatic rings. The minimum Gasteiger partial charge on any atom is -0.298 e. The van der Waals surface area contributed by atoms with Crippen LogP contribution >= 0.6 is 22.9 Å². The van der Waals surface area contributed by atoms with Crippen molar-refractivity contribution in [3.8, 4) is 11.3 Å². The number of sulfonamides is 1. The number of amides is 1. The number of rotatable bonds is 5. The highest BCUT2D eigenvalue weighted by molar-refractivity contribution is 7.89. The molecule has 1 aromatic heterocycles. The van der Waals surface area contributed by atoms with E-state index in [1.54, 1.807) is 0 Å². The lowest BCUT2D eigenvalue weighted by Gasteiger charge is -2.13. The molecule has 0 unspecified atom stereocenters. The fourth-order valence-electron chi connectivity index (χ4n) is 2.77. The average molecular weight is 450 g/mol. The summed E-state index contributed by atoms with van der Waals surface area (Å²) >= 11 is 7.43. The van der Waals surface area contributed by atoms with Crippen LogP contribution in [0.3, 0.4) is 0 Å². The Morgan fingerprint density at radius 1 is 1.14 bits per heavy atom. The van der Waals surface area contributed by atoms with Crippen molar-refractivity contribution in [3.63, 3.8) is 0 Å². The number of aryl methyl sites for hydroxylation is 2. The SMILES string of the molecule is Cc1ccc(-c2csc(NC(=O)c3cc(S(=O)(=O)N(C)C)ccc3Cl)n2)c(C)c1. The van der Waals surface area contributed by atoms with E-state index in [4.69, 9.17) is 11.6 Å². The normalized spacial score (nSPS) is 11.7. The van der Waals surface area contributed by atoms with Crippen LogP contribution in [0.5, 0.6) is 0 Å². The standard InChI is InChI=1S/C20H20ClN3O3S2/c1-12-5-7-15(13(2)9-12)18-11-28-20(22-18)23-19(25)16-10-14(6-8-17(16)21)29(26,27)24(3)4/h5-11H,1-4H3,(H,22,23,25). The second-order valence-electron chi connectivity index (χ2n) is 6.74. The molecule has 1 heterocycles. The molecule has 0 spiro atoms. The van der Waals surface area contributed by atoms with Crippen molar-refractivity contribution in [2.75, 3.05) is 19.4 Å². The van der Waals surface area contributed by atoms with E-state index in [0.717, 1.165) is 26.7 Å². The zero-order chi connectivity index (χ0) is 21.3. The van der Waals surface area contributed by atoms with Gasteiger partial charge in [0.15, 0.2) is 5.13 Å².